The highest BCUT2D eigenvalue weighted by molar-refractivity contribution is 6.31. The molecule has 6 rings (SSSR count). The molecule has 228 valence electrons. The molecule has 0 bridgehead atoms. The maximum absolute atomic E-state index is 14.4. The molecule has 5 aromatic rings. The molecule has 1 aliphatic heterocycles. The van der Waals surface area contributed by atoms with Gasteiger partial charge in [-0.2, -0.15) is 13.2 Å². The lowest BCUT2D eigenvalue weighted by Gasteiger charge is -2.20. The number of hydrogen-bond acceptors (Lipinski definition) is 5. The third-order valence-electron chi connectivity index (χ3n) is 7.10. The normalized spacial score (nSPS) is 15.0. The van der Waals surface area contributed by atoms with Crippen LogP contribution in [0.2, 0.25) is 5.02 Å². The molecule has 0 aliphatic carbocycles. The van der Waals surface area contributed by atoms with Crippen LogP contribution in [0.3, 0.4) is 0 Å². The molecule has 0 fully saturated rings. The van der Waals surface area contributed by atoms with Crippen molar-refractivity contribution in [1.29, 1.82) is 0 Å². The van der Waals surface area contributed by atoms with Crippen LogP contribution in [0.5, 0.6) is 0 Å². The van der Waals surface area contributed by atoms with Gasteiger partial charge in [-0.1, -0.05) is 11.6 Å². The van der Waals surface area contributed by atoms with E-state index in [-0.39, 0.29) is 44.5 Å². The maximum atomic E-state index is 14.4. The van der Waals surface area contributed by atoms with E-state index in [0.717, 1.165) is 30.6 Å². The quantitative estimate of drug-likeness (QED) is 0.207. The van der Waals surface area contributed by atoms with Crippen molar-refractivity contribution in [2.75, 3.05) is 5.32 Å². The molecule has 0 saturated heterocycles. The van der Waals surface area contributed by atoms with E-state index in [4.69, 9.17) is 11.6 Å². The number of benzene rings is 3. The summed E-state index contributed by atoms with van der Waals surface area (Å²) in [6, 6.07) is 3.99. The summed E-state index contributed by atoms with van der Waals surface area (Å²) >= 11 is 6.31. The van der Waals surface area contributed by atoms with Crippen molar-refractivity contribution < 1.29 is 39.9 Å². The van der Waals surface area contributed by atoms with Gasteiger partial charge in [-0.3, -0.25) is 13.9 Å². The van der Waals surface area contributed by atoms with Crippen LogP contribution in [0, 0.1) is 11.6 Å². The molecule has 1 atom stereocenters. The monoisotopic (exact) mass is 642 g/mol. The molecule has 8 nitrogen and oxygen atoms in total. The highest BCUT2D eigenvalue weighted by Gasteiger charge is 2.39. The number of alkyl halides is 6. The average molecular weight is 643 g/mol. The molecular weight excluding hydrogens is 628 g/mol. The van der Waals surface area contributed by atoms with Gasteiger partial charge in [-0.25, -0.2) is 36.7 Å². The molecule has 3 heterocycles. The molecule has 2 aromatic heterocycles. The van der Waals surface area contributed by atoms with Gasteiger partial charge in [-0.05, 0) is 36.4 Å². The van der Waals surface area contributed by atoms with E-state index in [9.17, 15) is 44.7 Å². The molecule has 44 heavy (non-hydrogen) atoms. The van der Waals surface area contributed by atoms with Gasteiger partial charge in [0.2, 0.25) is 0 Å². The van der Waals surface area contributed by atoms with Crippen LogP contribution in [-0.4, -0.2) is 31.4 Å². The zero-order valence-corrected chi connectivity index (χ0v) is 22.4. The van der Waals surface area contributed by atoms with Gasteiger partial charge in [0, 0.05) is 27.2 Å². The Morgan fingerprint density at radius 3 is 2.45 bits per heavy atom. The Morgan fingerprint density at radius 2 is 1.77 bits per heavy atom. The second kappa shape index (κ2) is 10.5. The number of aromatic nitrogens is 4. The zero-order chi connectivity index (χ0) is 31.7. The number of fused-ring (bicyclic) bond motifs is 4. The molecular formula is C27H15ClF8N6O2. The minimum Gasteiger partial charge on any atom is -0.341 e. The number of anilines is 2. The predicted molar refractivity (Wildman–Crippen MR) is 142 cm³/mol. The maximum Gasteiger partial charge on any atom is 0.418 e. The summed E-state index contributed by atoms with van der Waals surface area (Å²) in [6.07, 6.45) is -7.34. The fourth-order valence-corrected chi connectivity index (χ4v) is 5.60. The van der Waals surface area contributed by atoms with Crippen LogP contribution in [0.4, 0.5) is 46.6 Å². The zero-order valence-electron chi connectivity index (χ0n) is 21.6. The molecule has 0 saturated carbocycles. The molecule has 3 aromatic carbocycles. The Kier molecular flexibility index (Phi) is 6.98. The number of nitrogens with one attached hydrogen (secondary N) is 2. The van der Waals surface area contributed by atoms with Gasteiger partial charge in [-0.15, -0.1) is 0 Å². The van der Waals surface area contributed by atoms with Gasteiger partial charge in [0.1, 0.15) is 23.8 Å². The minimum atomic E-state index is -5.01. The van der Waals surface area contributed by atoms with Crippen LogP contribution in [0.15, 0.2) is 47.5 Å². The van der Waals surface area contributed by atoms with E-state index in [2.05, 4.69) is 20.6 Å². The van der Waals surface area contributed by atoms with Crippen molar-refractivity contribution in [2.45, 2.75) is 32.0 Å². The number of nitrogens with zero attached hydrogens (tertiary/aromatic N) is 4. The predicted octanol–water partition coefficient (Wildman–Crippen LogP) is 6.47. The molecule has 1 amide bonds. The highest BCUT2D eigenvalue weighted by atomic mass is 35.5. The largest absolute Gasteiger partial charge is 0.418 e. The summed E-state index contributed by atoms with van der Waals surface area (Å²) < 4.78 is 112. The number of carbonyl (C=O) groups is 1. The fraction of sp³-hybridized carbons (Fsp3) is 0.185. The van der Waals surface area contributed by atoms with Gasteiger partial charge in [0.15, 0.2) is 6.80 Å². The highest BCUT2D eigenvalue weighted by Crippen LogP contribution is 2.44. The van der Waals surface area contributed by atoms with Gasteiger partial charge in [0.05, 0.1) is 40.3 Å². The number of rotatable bonds is 6. The lowest BCUT2D eigenvalue weighted by atomic mass is 9.95. The molecule has 1 unspecified atom stereocenters. The van der Waals surface area contributed by atoms with Crippen molar-refractivity contribution >= 4 is 50.9 Å². The van der Waals surface area contributed by atoms with E-state index in [0.29, 0.717) is 9.13 Å². The second-order valence-electron chi connectivity index (χ2n) is 9.68. The van der Waals surface area contributed by atoms with Crippen molar-refractivity contribution in [3.8, 4) is 0 Å². The Hall–Kier alpha value is -4.73. The minimum absolute atomic E-state index is 0.000253. The number of imidazole rings is 1. The number of carbonyl (C=O) groups excluding carboxylic acids is 1. The molecule has 2 N–H and O–H groups in total. The van der Waals surface area contributed by atoms with E-state index < -0.39 is 77.5 Å². The van der Waals surface area contributed by atoms with E-state index in [1.165, 1.54) is 6.07 Å². The molecule has 17 heteroatoms. The SMILES string of the molecule is O=C1NC(c2cc(F)ccc2Cl)c2c(Nc3ncnc4c(C(F)(F)F)cc(F)cc34)cc3c(c21)n(CF)c(=O)n3CC(F)F. The van der Waals surface area contributed by atoms with Crippen molar-refractivity contribution in [1.82, 2.24) is 24.4 Å². The first-order valence-corrected chi connectivity index (χ1v) is 12.9. The van der Waals surface area contributed by atoms with Gasteiger partial charge < -0.3 is 10.6 Å². The number of hydrogen-bond donors (Lipinski definition) is 2. The first-order chi connectivity index (χ1) is 20.8. The summed E-state index contributed by atoms with van der Waals surface area (Å²) in [6.45, 7) is -2.71. The van der Waals surface area contributed by atoms with Crippen LogP contribution >= 0.6 is 11.6 Å². The summed E-state index contributed by atoms with van der Waals surface area (Å²) in [4.78, 5) is 34.0. The third kappa shape index (κ3) is 4.69. The summed E-state index contributed by atoms with van der Waals surface area (Å²) in [5.41, 5.74) is -4.69. The van der Waals surface area contributed by atoms with Crippen molar-refractivity contribution in [3.05, 3.63) is 92.1 Å². The number of amides is 1. The second-order valence-corrected chi connectivity index (χ2v) is 10.1. The van der Waals surface area contributed by atoms with E-state index in [1.54, 1.807) is 0 Å². The van der Waals surface area contributed by atoms with Crippen molar-refractivity contribution in [2.24, 2.45) is 0 Å². The summed E-state index contributed by atoms with van der Waals surface area (Å²) in [7, 11) is 0. The molecule has 1 aliphatic rings. The summed E-state index contributed by atoms with van der Waals surface area (Å²) in [5, 5.41) is 4.78. The summed E-state index contributed by atoms with van der Waals surface area (Å²) in [5.74, 6) is -3.37. The lowest BCUT2D eigenvalue weighted by molar-refractivity contribution is -0.136. The Bertz CT molecular complexity index is 2060. The fourth-order valence-electron chi connectivity index (χ4n) is 5.38. The first-order valence-electron chi connectivity index (χ1n) is 12.5. The first kappa shape index (κ1) is 29.3. The Morgan fingerprint density at radius 1 is 1.02 bits per heavy atom. The smallest absolute Gasteiger partial charge is 0.341 e. The molecule has 0 radical (unpaired) electrons. The Labute approximate surface area is 244 Å². The van der Waals surface area contributed by atoms with Crippen LogP contribution < -0.4 is 16.3 Å². The van der Waals surface area contributed by atoms with Crippen LogP contribution in [-0.2, 0) is 19.5 Å². The van der Waals surface area contributed by atoms with E-state index >= 15 is 0 Å². The Balaban J connectivity index is 1.69. The van der Waals surface area contributed by atoms with E-state index in [1.807, 2.05) is 0 Å². The van der Waals surface area contributed by atoms with Crippen molar-refractivity contribution in [3.63, 3.8) is 0 Å². The number of halogens is 9. The topological polar surface area (TPSA) is 93.8 Å². The van der Waals surface area contributed by atoms with Crippen LogP contribution in [0.25, 0.3) is 21.9 Å². The van der Waals surface area contributed by atoms with Crippen LogP contribution in [0.1, 0.15) is 33.1 Å². The molecule has 0 spiro atoms. The lowest BCUT2D eigenvalue weighted by Crippen LogP contribution is -2.26. The average Bonchev–Trinajstić information content (AvgIpc) is 3.42. The van der Waals surface area contributed by atoms with Gasteiger partial charge >= 0.3 is 11.9 Å². The van der Waals surface area contributed by atoms with Gasteiger partial charge in [0.25, 0.3) is 12.3 Å². The third-order valence-corrected chi connectivity index (χ3v) is 7.45. The standard InChI is InChI=1S/C27H15ClF8N6O2/c28-15-2-1-10(30)3-12(15)22-19-16(39-24-13-4-11(31)5-14(27(34,35)36)21(13)37-9-38-24)6-17-23(20(19)25(43)40-22)42(8-29)26(44)41(17)7-18(32)33/h1-6,9,18,22H,7-8H2,(H,40,43)(H,37,38,39).